The topological polar surface area (TPSA) is 49.8 Å². The van der Waals surface area contributed by atoms with Crippen LogP contribution in [-0.2, 0) is 0 Å². The molecule has 1 saturated heterocycles. The van der Waals surface area contributed by atoms with Crippen molar-refractivity contribution < 1.29 is 0 Å². The summed E-state index contributed by atoms with van der Waals surface area (Å²) in [6, 6.07) is 10.9. The van der Waals surface area contributed by atoms with Crippen molar-refractivity contribution in [3.63, 3.8) is 0 Å². The lowest BCUT2D eigenvalue weighted by molar-refractivity contribution is 0.573. The second-order valence-corrected chi connectivity index (χ2v) is 5.17. The van der Waals surface area contributed by atoms with E-state index in [0.29, 0.717) is 12.0 Å². The first-order chi connectivity index (χ1) is 9.92. The van der Waals surface area contributed by atoms with Gasteiger partial charge in [-0.3, -0.25) is 0 Å². The van der Waals surface area contributed by atoms with Crippen LogP contribution in [0, 0.1) is 0 Å². The molecule has 0 amide bonds. The number of nitrogens with zero attached hydrogens (tertiary/aromatic N) is 2. The molecule has 1 aliphatic rings. The predicted octanol–water partition coefficient (Wildman–Crippen LogP) is 2.70. The quantitative estimate of drug-likeness (QED) is 0.875. The third-order valence-electron chi connectivity index (χ3n) is 3.70. The van der Waals surface area contributed by atoms with Crippen LogP contribution in [0.4, 0.5) is 5.95 Å². The molecule has 1 unspecified atom stereocenters. The fraction of sp³-hybridized carbons (Fsp3) is 0.375. The fourth-order valence-electron chi connectivity index (χ4n) is 2.56. The zero-order chi connectivity index (χ0) is 13.6. The molecule has 1 aromatic carbocycles. The van der Waals surface area contributed by atoms with Crippen LogP contribution in [0.5, 0.6) is 0 Å². The molecule has 0 bridgehead atoms. The maximum atomic E-state index is 4.38. The molecule has 0 radical (unpaired) electrons. The van der Waals surface area contributed by atoms with Crippen LogP contribution in [-0.4, -0.2) is 29.1 Å². The van der Waals surface area contributed by atoms with E-state index in [1.54, 1.807) is 0 Å². The molecular weight excluding hydrogens is 248 g/mol. The van der Waals surface area contributed by atoms with Gasteiger partial charge in [0.25, 0.3) is 0 Å². The van der Waals surface area contributed by atoms with Crippen molar-refractivity contribution in [1.29, 1.82) is 0 Å². The standard InChI is InChI=1S/C16H20N4/c1-2-5-13(6-3-1)14-11-19-16(20-12-14)18-10-8-15-7-4-9-17-15/h1-3,5-6,11-12,15,17H,4,7-10H2,(H,18,19,20). The van der Waals surface area contributed by atoms with Gasteiger partial charge in [-0.05, 0) is 31.4 Å². The fourth-order valence-corrected chi connectivity index (χ4v) is 2.56. The Morgan fingerprint density at radius 2 is 1.90 bits per heavy atom. The monoisotopic (exact) mass is 268 g/mol. The summed E-state index contributed by atoms with van der Waals surface area (Å²) in [5.74, 6) is 0.711. The number of nitrogens with one attached hydrogen (secondary N) is 2. The molecular formula is C16H20N4. The third kappa shape index (κ3) is 3.33. The molecule has 2 N–H and O–H groups in total. The van der Waals surface area contributed by atoms with Crippen molar-refractivity contribution in [3.8, 4) is 11.1 Å². The molecule has 3 rings (SSSR count). The largest absolute Gasteiger partial charge is 0.354 e. The highest BCUT2D eigenvalue weighted by Crippen LogP contribution is 2.17. The van der Waals surface area contributed by atoms with Crippen LogP contribution in [0.25, 0.3) is 11.1 Å². The van der Waals surface area contributed by atoms with Crippen molar-refractivity contribution in [3.05, 3.63) is 42.7 Å². The van der Waals surface area contributed by atoms with E-state index in [1.807, 2.05) is 30.6 Å². The zero-order valence-corrected chi connectivity index (χ0v) is 11.5. The number of anilines is 1. The van der Waals surface area contributed by atoms with Gasteiger partial charge in [-0.1, -0.05) is 30.3 Å². The Balaban J connectivity index is 1.53. The van der Waals surface area contributed by atoms with E-state index in [1.165, 1.54) is 12.8 Å². The minimum absolute atomic E-state index is 0.658. The van der Waals surface area contributed by atoms with Gasteiger partial charge in [0.1, 0.15) is 0 Å². The molecule has 104 valence electrons. The first kappa shape index (κ1) is 13.1. The number of hydrogen-bond acceptors (Lipinski definition) is 4. The summed E-state index contributed by atoms with van der Waals surface area (Å²) in [5, 5.41) is 6.78. The van der Waals surface area contributed by atoms with Gasteiger partial charge in [0.15, 0.2) is 0 Å². The van der Waals surface area contributed by atoms with Gasteiger partial charge in [-0.25, -0.2) is 9.97 Å². The van der Waals surface area contributed by atoms with Gasteiger partial charge >= 0.3 is 0 Å². The van der Waals surface area contributed by atoms with E-state index in [2.05, 4.69) is 32.7 Å². The Bertz CT molecular complexity index is 518. The highest BCUT2D eigenvalue weighted by Gasteiger charge is 2.13. The summed E-state index contributed by atoms with van der Waals surface area (Å²) in [7, 11) is 0. The summed E-state index contributed by atoms with van der Waals surface area (Å²) < 4.78 is 0. The van der Waals surface area contributed by atoms with Gasteiger partial charge in [-0.2, -0.15) is 0 Å². The maximum absolute atomic E-state index is 4.38. The lowest BCUT2D eigenvalue weighted by atomic mass is 10.1. The van der Waals surface area contributed by atoms with E-state index in [9.17, 15) is 0 Å². The predicted molar refractivity (Wildman–Crippen MR) is 81.6 cm³/mol. The van der Waals surface area contributed by atoms with E-state index in [0.717, 1.165) is 30.6 Å². The Labute approximate surface area is 119 Å². The molecule has 2 aromatic rings. The van der Waals surface area contributed by atoms with Crippen molar-refractivity contribution >= 4 is 5.95 Å². The smallest absolute Gasteiger partial charge is 0.222 e. The van der Waals surface area contributed by atoms with Crippen LogP contribution in [0.1, 0.15) is 19.3 Å². The second kappa shape index (κ2) is 6.48. The lowest BCUT2D eigenvalue weighted by Gasteiger charge is -2.10. The SMILES string of the molecule is c1ccc(-c2cnc(NCCC3CCCN3)nc2)cc1. The summed E-state index contributed by atoms with van der Waals surface area (Å²) in [6.45, 7) is 2.08. The van der Waals surface area contributed by atoms with Gasteiger partial charge in [0.05, 0.1) is 0 Å². The van der Waals surface area contributed by atoms with Crippen molar-refractivity contribution in [2.75, 3.05) is 18.4 Å². The second-order valence-electron chi connectivity index (χ2n) is 5.17. The van der Waals surface area contributed by atoms with Gasteiger partial charge < -0.3 is 10.6 Å². The summed E-state index contributed by atoms with van der Waals surface area (Å²) in [4.78, 5) is 8.75. The highest BCUT2D eigenvalue weighted by molar-refractivity contribution is 5.61. The molecule has 0 spiro atoms. The van der Waals surface area contributed by atoms with Crippen molar-refractivity contribution in [2.45, 2.75) is 25.3 Å². The van der Waals surface area contributed by atoms with Crippen LogP contribution in [0.3, 0.4) is 0 Å². The third-order valence-corrected chi connectivity index (χ3v) is 3.70. The van der Waals surface area contributed by atoms with Crippen molar-refractivity contribution in [1.82, 2.24) is 15.3 Å². The van der Waals surface area contributed by atoms with Crippen LogP contribution >= 0.6 is 0 Å². The molecule has 4 heteroatoms. The Morgan fingerprint density at radius 3 is 2.60 bits per heavy atom. The first-order valence-corrected chi connectivity index (χ1v) is 7.26. The lowest BCUT2D eigenvalue weighted by Crippen LogP contribution is -2.24. The van der Waals surface area contributed by atoms with Crippen LogP contribution in [0.15, 0.2) is 42.7 Å². The summed E-state index contributed by atoms with van der Waals surface area (Å²) in [6.07, 6.45) is 7.46. The molecule has 1 atom stereocenters. The summed E-state index contributed by atoms with van der Waals surface area (Å²) >= 11 is 0. The molecule has 0 saturated carbocycles. The molecule has 4 nitrogen and oxygen atoms in total. The average molecular weight is 268 g/mol. The Hall–Kier alpha value is -1.94. The normalized spacial score (nSPS) is 18.1. The zero-order valence-electron chi connectivity index (χ0n) is 11.5. The number of rotatable bonds is 5. The first-order valence-electron chi connectivity index (χ1n) is 7.26. The molecule has 0 aliphatic carbocycles. The molecule has 1 aromatic heterocycles. The number of hydrogen-bond donors (Lipinski definition) is 2. The molecule has 1 aliphatic heterocycles. The van der Waals surface area contributed by atoms with E-state index < -0.39 is 0 Å². The average Bonchev–Trinajstić information content (AvgIpc) is 3.02. The van der Waals surface area contributed by atoms with Gasteiger partial charge in [-0.15, -0.1) is 0 Å². The van der Waals surface area contributed by atoms with Crippen molar-refractivity contribution in [2.24, 2.45) is 0 Å². The van der Waals surface area contributed by atoms with Crippen LogP contribution < -0.4 is 10.6 Å². The Morgan fingerprint density at radius 1 is 1.10 bits per heavy atom. The maximum Gasteiger partial charge on any atom is 0.222 e. The van der Waals surface area contributed by atoms with Gasteiger partial charge in [0, 0.05) is 30.5 Å². The summed E-state index contributed by atoms with van der Waals surface area (Å²) in [5.41, 5.74) is 2.20. The Kier molecular flexibility index (Phi) is 4.23. The molecule has 2 heterocycles. The number of aromatic nitrogens is 2. The van der Waals surface area contributed by atoms with E-state index in [4.69, 9.17) is 0 Å². The van der Waals surface area contributed by atoms with Gasteiger partial charge in [0.2, 0.25) is 5.95 Å². The molecule has 1 fully saturated rings. The van der Waals surface area contributed by atoms with Crippen LogP contribution in [0.2, 0.25) is 0 Å². The highest BCUT2D eigenvalue weighted by atomic mass is 15.1. The van der Waals surface area contributed by atoms with E-state index in [-0.39, 0.29) is 0 Å². The number of benzene rings is 1. The minimum Gasteiger partial charge on any atom is -0.354 e. The minimum atomic E-state index is 0.658. The molecule has 20 heavy (non-hydrogen) atoms. The van der Waals surface area contributed by atoms with E-state index >= 15 is 0 Å².